The van der Waals surface area contributed by atoms with Crippen molar-refractivity contribution < 1.29 is 14.3 Å². The average Bonchev–Trinajstić information content (AvgIpc) is 2.46. The summed E-state index contributed by atoms with van der Waals surface area (Å²) in [5.41, 5.74) is 7.26. The number of rotatable bonds is 5. The molecule has 2 amide bonds. The van der Waals surface area contributed by atoms with Crippen LogP contribution in [0.25, 0.3) is 0 Å². The number of carbonyl (C=O) groups excluding carboxylic acids is 2. The maximum absolute atomic E-state index is 12.1. The summed E-state index contributed by atoms with van der Waals surface area (Å²) < 4.78 is 5.14. The third-order valence-corrected chi connectivity index (χ3v) is 2.77. The Morgan fingerprint density at radius 1 is 1.14 bits per heavy atom. The van der Waals surface area contributed by atoms with Gasteiger partial charge in [-0.25, -0.2) is 0 Å². The van der Waals surface area contributed by atoms with Crippen molar-refractivity contribution in [3.63, 3.8) is 0 Å². The number of hydrogen-bond acceptors (Lipinski definition) is 3. The first-order valence-corrected chi connectivity index (χ1v) is 6.44. The van der Waals surface area contributed by atoms with E-state index < -0.39 is 5.91 Å². The van der Waals surface area contributed by atoms with Crippen LogP contribution in [0.15, 0.2) is 48.5 Å². The van der Waals surface area contributed by atoms with Gasteiger partial charge in [0.25, 0.3) is 11.8 Å². The molecule has 3 N–H and O–H groups in total. The molecule has 0 aliphatic heterocycles. The van der Waals surface area contributed by atoms with Crippen molar-refractivity contribution in [2.24, 2.45) is 5.73 Å². The molecule has 2 aromatic carbocycles. The SMILES string of the molecule is Cc1cccc(C(=O)Nc2ccc(OCC(N)=O)cc2)c1. The summed E-state index contributed by atoms with van der Waals surface area (Å²) in [7, 11) is 0. The van der Waals surface area contributed by atoms with Crippen molar-refractivity contribution in [2.75, 3.05) is 11.9 Å². The smallest absolute Gasteiger partial charge is 0.255 e. The molecule has 0 atom stereocenters. The second-order valence-corrected chi connectivity index (χ2v) is 4.60. The van der Waals surface area contributed by atoms with Gasteiger partial charge in [0, 0.05) is 11.3 Å². The van der Waals surface area contributed by atoms with Crippen LogP contribution >= 0.6 is 0 Å². The van der Waals surface area contributed by atoms with Crippen LogP contribution in [-0.4, -0.2) is 18.4 Å². The van der Waals surface area contributed by atoms with Gasteiger partial charge < -0.3 is 15.8 Å². The summed E-state index contributed by atoms with van der Waals surface area (Å²) in [6.07, 6.45) is 0. The van der Waals surface area contributed by atoms with Crippen molar-refractivity contribution in [3.8, 4) is 5.75 Å². The summed E-state index contributed by atoms with van der Waals surface area (Å²) in [5, 5.41) is 2.79. The highest BCUT2D eigenvalue weighted by Gasteiger charge is 2.06. The molecule has 2 rings (SSSR count). The highest BCUT2D eigenvalue weighted by molar-refractivity contribution is 6.04. The van der Waals surface area contributed by atoms with Crippen LogP contribution in [0, 0.1) is 6.92 Å². The molecular weight excluding hydrogens is 268 g/mol. The minimum Gasteiger partial charge on any atom is -0.484 e. The molecule has 0 saturated heterocycles. The van der Waals surface area contributed by atoms with Gasteiger partial charge in [0.2, 0.25) is 0 Å². The van der Waals surface area contributed by atoms with Gasteiger partial charge in [0.15, 0.2) is 6.61 Å². The van der Waals surface area contributed by atoms with Crippen LogP contribution in [0.1, 0.15) is 15.9 Å². The van der Waals surface area contributed by atoms with Crippen LogP contribution in [0.5, 0.6) is 5.75 Å². The predicted octanol–water partition coefficient (Wildman–Crippen LogP) is 2.11. The lowest BCUT2D eigenvalue weighted by molar-refractivity contribution is -0.119. The first-order valence-electron chi connectivity index (χ1n) is 6.44. The van der Waals surface area contributed by atoms with E-state index in [9.17, 15) is 9.59 Å². The Balaban J connectivity index is 2.00. The molecule has 5 heteroatoms. The Bertz CT molecular complexity index is 651. The lowest BCUT2D eigenvalue weighted by Crippen LogP contribution is -2.20. The second kappa shape index (κ2) is 6.56. The number of anilines is 1. The van der Waals surface area contributed by atoms with Crippen LogP contribution in [0.4, 0.5) is 5.69 Å². The van der Waals surface area contributed by atoms with Crippen molar-refractivity contribution >= 4 is 17.5 Å². The number of nitrogens with two attached hydrogens (primary N) is 1. The average molecular weight is 284 g/mol. The highest BCUT2D eigenvalue weighted by atomic mass is 16.5. The van der Waals surface area contributed by atoms with Crippen LogP contribution < -0.4 is 15.8 Å². The lowest BCUT2D eigenvalue weighted by Gasteiger charge is -2.07. The molecule has 0 heterocycles. The normalized spacial score (nSPS) is 9.95. The zero-order chi connectivity index (χ0) is 15.2. The van der Waals surface area contributed by atoms with Crippen molar-refractivity contribution in [1.29, 1.82) is 0 Å². The van der Waals surface area contributed by atoms with Gasteiger partial charge in [-0.3, -0.25) is 9.59 Å². The maximum Gasteiger partial charge on any atom is 0.255 e. The van der Waals surface area contributed by atoms with E-state index in [1.807, 2.05) is 25.1 Å². The molecule has 0 aromatic heterocycles. The van der Waals surface area contributed by atoms with Crippen LogP contribution in [-0.2, 0) is 4.79 Å². The lowest BCUT2D eigenvalue weighted by atomic mass is 10.1. The van der Waals surface area contributed by atoms with Crippen molar-refractivity contribution in [3.05, 3.63) is 59.7 Å². The third-order valence-electron chi connectivity index (χ3n) is 2.77. The molecule has 0 spiro atoms. The van der Waals surface area contributed by atoms with E-state index in [1.54, 1.807) is 30.3 Å². The summed E-state index contributed by atoms with van der Waals surface area (Å²) in [5.74, 6) is -0.196. The fourth-order valence-electron chi connectivity index (χ4n) is 1.78. The molecular formula is C16H16N2O3. The van der Waals surface area contributed by atoms with E-state index in [0.29, 0.717) is 17.0 Å². The molecule has 5 nitrogen and oxygen atoms in total. The van der Waals surface area contributed by atoms with Gasteiger partial charge in [-0.05, 0) is 43.3 Å². The van der Waals surface area contributed by atoms with E-state index >= 15 is 0 Å². The fourth-order valence-corrected chi connectivity index (χ4v) is 1.78. The monoisotopic (exact) mass is 284 g/mol. The number of ether oxygens (including phenoxy) is 1. The number of nitrogens with one attached hydrogen (secondary N) is 1. The Morgan fingerprint density at radius 2 is 1.86 bits per heavy atom. The largest absolute Gasteiger partial charge is 0.484 e. The Labute approximate surface area is 122 Å². The highest BCUT2D eigenvalue weighted by Crippen LogP contribution is 2.16. The molecule has 0 saturated carbocycles. The zero-order valence-corrected chi connectivity index (χ0v) is 11.6. The standard InChI is InChI=1S/C16H16N2O3/c1-11-3-2-4-12(9-11)16(20)18-13-5-7-14(8-6-13)21-10-15(17)19/h2-9H,10H2,1H3,(H2,17,19)(H,18,20). The predicted molar refractivity (Wildman–Crippen MR) is 80.3 cm³/mol. The summed E-state index contributed by atoms with van der Waals surface area (Å²) >= 11 is 0. The Morgan fingerprint density at radius 3 is 2.48 bits per heavy atom. The van der Waals surface area contributed by atoms with Gasteiger partial charge in [-0.2, -0.15) is 0 Å². The van der Waals surface area contributed by atoms with E-state index in [0.717, 1.165) is 5.56 Å². The third kappa shape index (κ3) is 4.35. The Kier molecular flexibility index (Phi) is 4.56. The molecule has 0 unspecified atom stereocenters. The molecule has 0 fully saturated rings. The van der Waals surface area contributed by atoms with Crippen LogP contribution in [0.3, 0.4) is 0 Å². The summed E-state index contributed by atoms with van der Waals surface area (Å²) in [6, 6.07) is 14.1. The number of hydrogen-bond donors (Lipinski definition) is 2. The zero-order valence-electron chi connectivity index (χ0n) is 11.6. The quantitative estimate of drug-likeness (QED) is 0.882. The van der Waals surface area contributed by atoms with Crippen molar-refractivity contribution in [2.45, 2.75) is 6.92 Å². The first-order chi connectivity index (χ1) is 10.0. The minimum atomic E-state index is -0.535. The van der Waals surface area contributed by atoms with Gasteiger partial charge in [0.05, 0.1) is 0 Å². The number of aryl methyl sites for hydroxylation is 1. The summed E-state index contributed by atoms with van der Waals surface area (Å²) in [4.78, 5) is 22.7. The first kappa shape index (κ1) is 14.6. The Hall–Kier alpha value is -2.82. The number of carbonyl (C=O) groups is 2. The molecule has 0 bridgehead atoms. The summed E-state index contributed by atoms with van der Waals surface area (Å²) in [6.45, 7) is 1.76. The second-order valence-electron chi connectivity index (χ2n) is 4.60. The van der Waals surface area contributed by atoms with E-state index in [-0.39, 0.29) is 12.5 Å². The number of primary amides is 1. The fraction of sp³-hybridized carbons (Fsp3) is 0.125. The van der Waals surface area contributed by atoms with Gasteiger partial charge in [-0.15, -0.1) is 0 Å². The number of benzene rings is 2. The molecule has 0 aliphatic rings. The minimum absolute atomic E-state index is 0.172. The molecule has 21 heavy (non-hydrogen) atoms. The van der Waals surface area contributed by atoms with E-state index in [1.165, 1.54) is 0 Å². The topological polar surface area (TPSA) is 81.4 Å². The van der Waals surface area contributed by atoms with Crippen molar-refractivity contribution in [1.82, 2.24) is 0 Å². The van der Waals surface area contributed by atoms with Gasteiger partial charge >= 0.3 is 0 Å². The van der Waals surface area contributed by atoms with Gasteiger partial charge in [-0.1, -0.05) is 17.7 Å². The van der Waals surface area contributed by atoms with E-state index in [2.05, 4.69) is 5.32 Å². The van der Waals surface area contributed by atoms with E-state index in [4.69, 9.17) is 10.5 Å². The molecule has 2 aromatic rings. The molecule has 0 aliphatic carbocycles. The van der Waals surface area contributed by atoms with Gasteiger partial charge in [0.1, 0.15) is 5.75 Å². The molecule has 0 radical (unpaired) electrons. The molecule has 108 valence electrons. The number of amides is 2. The van der Waals surface area contributed by atoms with Crippen LogP contribution in [0.2, 0.25) is 0 Å². The maximum atomic E-state index is 12.1.